The number of rotatable bonds is 10. The summed E-state index contributed by atoms with van der Waals surface area (Å²) in [6.45, 7) is 2.62. The lowest BCUT2D eigenvalue weighted by Crippen LogP contribution is -2.47. The van der Waals surface area contributed by atoms with Crippen LogP contribution in [0.5, 0.6) is 5.75 Å². The molecule has 7 nitrogen and oxygen atoms in total. The predicted octanol–water partition coefficient (Wildman–Crippen LogP) is 2.26. The van der Waals surface area contributed by atoms with E-state index in [1.54, 1.807) is 36.4 Å². The average Bonchev–Trinajstić information content (AvgIpc) is 2.68. The van der Waals surface area contributed by atoms with Crippen molar-refractivity contribution in [2.24, 2.45) is 0 Å². The molecular formula is C19H24N2O5S. The van der Waals surface area contributed by atoms with E-state index in [0.29, 0.717) is 12.4 Å². The minimum atomic E-state index is -3.95. The molecule has 1 unspecified atom stereocenters. The summed E-state index contributed by atoms with van der Waals surface area (Å²) in [6.07, 6.45) is 2.02. The summed E-state index contributed by atoms with van der Waals surface area (Å²) >= 11 is 0. The predicted molar refractivity (Wildman–Crippen MR) is 101 cm³/mol. The second-order valence-electron chi connectivity index (χ2n) is 6.01. The molecule has 27 heavy (non-hydrogen) atoms. The lowest BCUT2D eigenvalue weighted by Gasteiger charge is -2.17. The Hall–Kier alpha value is -2.42. The Balaban J connectivity index is 2.11. The maximum atomic E-state index is 12.6. The molecule has 1 atom stereocenters. The first kappa shape index (κ1) is 20.9. The zero-order chi connectivity index (χ0) is 19.7. The molecule has 0 aliphatic carbocycles. The molecule has 0 saturated heterocycles. The van der Waals surface area contributed by atoms with E-state index in [2.05, 4.69) is 11.6 Å². The van der Waals surface area contributed by atoms with Crippen LogP contribution in [0, 0.1) is 0 Å². The van der Waals surface area contributed by atoms with Gasteiger partial charge in [0.2, 0.25) is 10.0 Å². The fourth-order valence-electron chi connectivity index (χ4n) is 2.42. The third-order valence-electron chi connectivity index (χ3n) is 3.91. The SMILES string of the molecule is CCCCOc1ccc(S(=O)(=O)NC(Cc2ccccc2)C(=O)NO)cc1. The summed E-state index contributed by atoms with van der Waals surface area (Å²) in [5.41, 5.74) is 2.27. The number of amides is 1. The highest BCUT2D eigenvalue weighted by Crippen LogP contribution is 2.17. The number of hydroxylamine groups is 1. The summed E-state index contributed by atoms with van der Waals surface area (Å²) in [5, 5.41) is 8.94. The average molecular weight is 392 g/mol. The molecule has 3 N–H and O–H groups in total. The van der Waals surface area contributed by atoms with Crippen LogP contribution in [-0.4, -0.2) is 32.2 Å². The van der Waals surface area contributed by atoms with Crippen LogP contribution in [0.15, 0.2) is 59.5 Å². The first-order valence-corrected chi connectivity index (χ1v) is 10.2. The number of benzene rings is 2. The number of unbranched alkanes of at least 4 members (excludes halogenated alkanes) is 1. The molecule has 0 bridgehead atoms. The van der Waals surface area contributed by atoms with E-state index >= 15 is 0 Å². The molecule has 0 fully saturated rings. The van der Waals surface area contributed by atoms with Gasteiger partial charge in [0.15, 0.2) is 0 Å². The van der Waals surface area contributed by atoms with Gasteiger partial charge in [0.25, 0.3) is 5.91 Å². The van der Waals surface area contributed by atoms with E-state index in [1.807, 2.05) is 6.07 Å². The number of hydrogen-bond acceptors (Lipinski definition) is 5. The van der Waals surface area contributed by atoms with Crippen LogP contribution in [-0.2, 0) is 21.2 Å². The molecule has 2 aromatic carbocycles. The maximum absolute atomic E-state index is 12.6. The molecule has 2 rings (SSSR count). The van der Waals surface area contributed by atoms with E-state index < -0.39 is 22.0 Å². The second-order valence-corrected chi connectivity index (χ2v) is 7.73. The monoisotopic (exact) mass is 392 g/mol. The van der Waals surface area contributed by atoms with Crippen molar-refractivity contribution in [2.75, 3.05) is 6.61 Å². The Morgan fingerprint density at radius 3 is 2.37 bits per heavy atom. The number of nitrogens with one attached hydrogen (secondary N) is 2. The normalized spacial score (nSPS) is 12.4. The minimum Gasteiger partial charge on any atom is -0.494 e. The van der Waals surface area contributed by atoms with Crippen molar-refractivity contribution >= 4 is 15.9 Å². The maximum Gasteiger partial charge on any atom is 0.261 e. The highest BCUT2D eigenvalue weighted by Gasteiger charge is 2.26. The quantitative estimate of drug-likeness (QED) is 0.327. The van der Waals surface area contributed by atoms with Crippen LogP contribution < -0.4 is 14.9 Å². The van der Waals surface area contributed by atoms with Crippen LogP contribution in [0.3, 0.4) is 0 Å². The van der Waals surface area contributed by atoms with Crippen molar-refractivity contribution in [3.8, 4) is 5.75 Å². The van der Waals surface area contributed by atoms with Gasteiger partial charge in [-0.1, -0.05) is 43.7 Å². The van der Waals surface area contributed by atoms with Gasteiger partial charge in [-0.2, -0.15) is 4.72 Å². The van der Waals surface area contributed by atoms with Crippen molar-refractivity contribution in [1.82, 2.24) is 10.2 Å². The van der Waals surface area contributed by atoms with E-state index in [-0.39, 0.29) is 11.3 Å². The Kier molecular flexibility index (Phi) is 7.78. The summed E-state index contributed by atoms with van der Waals surface area (Å²) in [7, 11) is -3.95. The Morgan fingerprint density at radius 1 is 1.11 bits per heavy atom. The van der Waals surface area contributed by atoms with Crippen LogP contribution in [0.2, 0.25) is 0 Å². The van der Waals surface area contributed by atoms with E-state index in [4.69, 9.17) is 9.94 Å². The van der Waals surface area contributed by atoms with Gasteiger partial charge in [0.05, 0.1) is 11.5 Å². The van der Waals surface area contributed by atoms with Gasteiger partial charge < -0.3 is 4.74 Å². The van der Waals surface area contributed by atoms with Gasteiger partial charge >= 0.3 is 0 Å². The minimum absolute atomic E-state index is 0.00847. The molecule has 0 saturated carbocycles. The molecule has 0 heterocycles. The zero-order valence-corrected chi connectivity index (χ0v) is 15.9. The fraction of sp³-hybridized carbons (Fsp3) is 0.316. The van der Waals surface area contributed by atoms with Gasteiger partial charge in [-0.15, -0.1) is 0 Å². The molecule has 2 aromatic rings. The molecule has 0 aliphatic heterocycles. The lowest BCUT2D eigenvalue weighted by atomic mass is 10.1. The van der Waals surface area contributed by atoms with Crippen molar-refractivity contribution < 1.29 is 23.2 Å². The molecule has 146 valence electrons. The number of ether oxygens (including phenoxy) is 1. The number of carbonyl (C=O) groups excluding carboxylic acids is 1. The standard InChI is InChI=1S/C19H24N2O5S/c1-2-3-13-26-16-9-11-17(12-10-16)27(24,25)21-18(19(22)20-23)14-15-7-5-4-6-8-15/h4-12,18,21,23H,2-3,13-14H2,1H3,(H,20,22). The van der Waals surface area contributed by atoms with Crippen molar-refractivity contribution in [2.45, 2.75) is 37.1 Å². The van der Waals surface area contributed by atoms with Gasteiger partial charge in [0.1, 0.15) is 11.8 Å². The number of hydrogen-bond donors (Lipinski definition) is 3. The van der Waals surface area contributed by atoms with Crippen LogP contribution in [0.25, 0.3) is 0 Å². The lowest BCUT2D eigenvalue weighted by molar-refractivity contribution is -0.130. The smallest absolute Gasteiger partial charge is 0.261 e. The third-order valence-corrected chi connectivity index (χ3v) is 5.39. The van der Waals surface area contributed by atoms with E-state index in [9.17, 15) is 13.2 Å². The Bertz CT molecular complexity index is 823. The molecular weight excluding hydrogens is 368 g/mol. The number of sulfonamides is 1. The molecule has 1 amide bonds. The fourth-order valence-corrected chi connectivity index (χ4v) is 3.62. The van der Waals surface area contributed by atoms with Gasteiger partial charge in [-0.25, -0.2) is 13.9 Å². The van der Waals surface area contributed by atoms with Crippen molar-refractivity contribution in [3.05, 3.63) is 60.2 Å². The van der Waals surface area contributed by atoms with Crippen molar-refractivity contribution in [1.29, 1.82) is 0 Å². The first-order chi connectivity index (χ1) is 13.0. The van der Waals surface area contributed by atoms with Gasteiger partial charge in [-0.05, 0) is 42.7 Å². The summed E-state index contributed by atoms with van der Waals surface area (Å²) in [6, 6.07) is 13.8. The largest absolute Gasteiger partial charge is 0.494 e. The molecule has 0 spiro atoms. The summed E-state index contributed by atoms with van der Waals surface area (Å²) in [5.74, 6) is -0.252. The van der Waals surface area contributed by atoms with Crippen LogP contribution >= 0.6 is 0 Å². The number of carbonyl (C=O) groups is 1. The highest BCUT2D eigenvalue weighted by atomic mass is 32.2. The third kappa shape index (κ3) is 6.35. The molecule has 0 radical (unpaired) electrons. The molecule has 0 aromatic heterocycles. The highest BCUT2D eigenvalue weighted by molar-refractivity contribution is 7.89. The molecule has 8 heteroatoms. The Labute approximate surface area is 159 Å². The zero-order valence-electron chi connectivity index (χ0n) is 15.1. The van der Waals surface area contributed by atoms with Gasteiger partial charge in [0, 0.05) is 0 Å². The topological polar surface area (TPSA) is 105 Å². The van der Waals surface area contributed by atoms with Crippen LogP contribution in [0.4, 0.5) is 0 Å². The summed E-state index contributed by atoms with van der Waals surface area (Å²) in [4.78, 5) is 11.9. The van der Waals surface area contributed by atoms with E-state index in [0.717, 1.165) is 18.4 Å². The van der Waals surface area contributed by atoms with Gasteiger partial charge in [-0.3, -0.25) is 10.0 Å². The van der Waals surface area contributed by atoms with Crippen molar-refractivity contribution in [3.63, 3.8) is 0 Å². The molecule has 0 aliphatic rings. The van der Waals surface area contributed by atoms with E-state index in [1.165, 1.54) is 17.6 Å². The first-order valence-electron chi connectivity index (χ1n) is 8.69. The second kappa shape index (κ2) is 10.1. The Morgan fingerprint density at radius 2 is 1.78 bits per heavy atom. The summed E-state index contributed by atoms with van der Waals surface area (Å²) < 4.78 is 33.1. The van der Waals surface area contributed by atoms with Crippen LogP contribution in [0.1, 0.15) is 25.3 Å².